The minimum atomic E-state index is -1.02. The number of nitrogens with zero attached hydrogens (tertiary/aromatic N) is 1. The van der Waals surface area contributed by atoms with E-state index in [1.807, 2.05) is 19.1 Å². The third-order valence-corrected chi connectivity index (χ3v) is 2.41. The topological polar surface area (TPSA) is 66.8 Å². The summed E-state index contributed by atoms with van der Waals surface area (Å²) in [6.45, 7) is 1.88. The molecule has 0 saturated heterocycles. The predicted molar refractivity (Wildman–Crippen MR) is 61.8 cm³/mol. The minimum Gasteiger partial charge on any atom is -0.497 e. The molecule has 0 bridgehead atoms. The minimum absolute atomic E-state index is 0.283. The maximum Gasteiger partial charge on any atom is 0.323 e. The highest BCUT2D eigenvalue weighted by Gasteiger charge is 2.09. The molecule has 1 rings (SSSR count). The summed E-state index contributed by atoms with van der Waals surface area (Å²) in [6.07, 6.45) is 0.539. The van der Waals surface area contributed by atoms with Gasteiger partial charge in [0.2, 0.25) is 6.41 Å². The van der Waals surface area contributed by atoms with Crippen molar-refractivity contribution in [3.05, 3.63) is 29.3 Å². The molecule has 0 radical (unpaired) electrons. The first-order chi connectivity index (χ1) is 8.06. The highest BCUT2D eigenvalue weighted by Crippen LogP contribution is 2.17. The van der Waals surface area contributed by atoms with Gasteiger partial charge in [-0.3, -0.25) is 9.59 Å². The highest BCUT2D eigenvalue weighted by molar-refractivity contribution is 5.71. The lowest BCUT2D eigenvalue weighted by molar-refractivity contribution is -0.141. The number of hydrogen-bond acceptors (Lipinski definition) is 3. The molecule has 17 heavy (non-hydrogen) atoms. The third kappa shape index (κ3) is 3.79. The maximum atomic E-state index is 10.7. The van der Waals surface area contributed by atoms with Crippen LogP contribution < -0.4 is 4.74 Å². The smallest absolute Gasteiger partial charge is 0.323 e. The number of carboxylic acids is 1. The van der Waals surface area contributed by atoms with Gasteiger partial charge >= 0.3 is 5.97 Å². The van der Waals surface area contributed by atoms with Gasteiger partial charge in [0.05, 0.1) is 7.11 Å². The van der Waals surface area contributed by atoms with E-state index >= 15 is 0 Å². The number of carboxylic acid groups (broad SMARTS) is 1. The number of benzene rings is 1. The first-order valence-electron chi connectivity index (χ1n) is 5.11. The fraction of sp³-hybridized carbons (Fsp3) is 0.333. The van der Waals surface area contributed by atoms with E-state index in [1.54, 1.807) is 13.2 Å². The highest BCUT2D eigenvalue weighted by atomic mass is 16.5. The van der Waals surface area contributed by atoms with E-state index in [0.717, 1.165) is 16.9 Å². The predicted octanol–water partition coefficient (Wildman–Crippen LogP) is 1.05. The molecular weight excluding hydrogens is 222 g/mol. The fourth-order valence-electron chi connectivity index (χ4n) is 1.50. The van der Waals surface area contributed by atoms with Crippen molar-refractivity contribution in [3.8, 4) is 5.75 Å². The van der Waals surface area contributed by atoms with Gasteiger partial charge in [0, 0.05) is 6.54 Å². The zero-order valence-electron chi connectivity index (χ0n) is 9.84. The van der Waals surface area contributed by atoms with Gasteiger partial charge in [0.25, 0.3) is 0 Å². The zero-order valence-corrected chi connectivity index (χ0v) is 9.84. The Morgan fingerprint density at radius 3 is 2.71 bits per heavy atom. The van der Waals surface area contributed by atoms with Crippen LogP contribution in [-0.4, -0.2) is 36.0 Å². The van der Waals surface area contributed by atoms with E-state index in [9.17, 15) is 9.59 Å². The number of hydrogen-bond donors (Lipinski definition) is 1. The molecule has 0 saturated carbocycles. The number of aryl methyl sites for hydroxylation is 1. The summed E-state index contributed by atoms with van der Waals surface area (Å²) in [5.41, 5.74) is 1.86. The van der Waals surface area contributed by atoms with Gasteiger partial charge in [0.15, 0.2) is 0 Å². The number of ether oxygens (including phenoxy) is 1. The number of carbonyl (C=O) groups is 2. The molecule has 0 unspecified atom stereocenters. The van der Waals surface area contributed by atoms with Crippen LogP contribution >= 0.6 is 0 Å². The van der Waals surface area contributed by atoms with Crippen molar-refractivity contribution in [1.29, 1.82) is 0 Å². The third-order valence-electron chi connectivity index (χ3n) is 2.41. The van der Waals surface area contributed by atoms with Crippen molar-refractivity contribution in [1.82, 2.24) is 4.90 Å². The maximum absolute atomic E-state index is 10.7. The Morgan fingerprint density at radius 1 is 1.53 bits per heavy atom. The van der Waals surface area contributed by atoms with Crippen LogP contribution in [0.15, 0.2) is 18.2 Å². The van der Waals surface area contributed by atoms with Crippen molar-refractivity contribution in [3.63, 3.8) is 0 Å². The van der Waals surface area contributed by atoms with Gasteiger partial charge in [-0.2, -0.15) is 0 Å². The Hall–Kier alpha value is -2.04. The van der Waals surface area contributed by atoms with Crippen molar-refractivity contribution >= 4 is 12.4 Å². The second-order valence-electron chi connectivity index (χ2n) is 3.70. The number of aliphatic carboxylic acids is 1. The van der Waals surface area contributed by atoms with Gasteiger partial charge in [-0.1, -0.05) is 6.07 Å². The Balaban J connectivity index is 2.79. The van der Waals surface area contributed by atoms with E-state index in [2.05, 4.69) is 0 Å². The molecule has 1 aromatic carbocycles. The molecule has 5 heteroatoms. The van der Waals surface area contributed by atoms with Crippen molar-refractivity contribution in [2.24, 2.45) is 0 Å². The molecule has 1 aromatic rings. The lowest BCUT2D eigenvalue weighted by Crippen LogP contribution is -2.28. The van der Waals surface area contributed by atoms with Crippen LogP contribution in [-0.2, 0) is 16.1 Å². The molecule has 5 nitrogen and oxygen atoms in total. The quantitative estimate of drug-likeness (QED) is 0.751. The second kappa shape index (κ2) is 5.89. The molecule has 0 aliphatic rings. The standard InChI is InChI=1S/C12H15NO4/c1-9-5-11(17-2)4-3-10(9)6-13(8-14)7-12(15)16/h3-5,8H,6-7H2,1-2H3,(H,15,16). The van der Waals surface area contributed by atoms with Crippen LogP contribution in [0.4, 0.5) is 0 Å². The van der Waals surface area contributed by atoms with Crippen LogP contribution in [0, 0.1) is 6.92 Å². The van der Waals surface area contributed by atoms with Gasteiger partial charge in [-0.15, -0.1) is 0 Å². The first-order valence-corrected chi connectivity index (χ1v) is 5.11. The number of amides is 1. The zero-order chi connectivity index (χ0) is 12.8. The number of rotatable bonds is 6. The van der Waals surface area contributed by atoms with Crippen molar-refractivity contribution in [2.75, 3.05) is 13.7 Å². The summed E-state index contributed by atoms with van der Waals surface area (Å²) < 4.78 is 5.07. The molecule has 0 aliphatic heterocycles. The van der Waals surface area contributed by atoms with Gasteiger partial charge < -0.3 is 14.7 Å². The molecule has 0 atom stereocenters. The lowest BCUT2D eigenvalue weighted by Gasteiger charge is -2.16. The number of methoxy groups -OCH3 is 1. The molecule has 1 amide bonds. The monoisotopic (exact) mass is 237 g/mol. The molecule has 0 fully saturated rings. The van der Waals surface area contributed by atoms with E-state index < -0.39 is 5.97 Å². The molecule has 0 spiro atoms. The van der Waals surface area contributed by atoms with E-state index in [1.165, 1.54) is 4.90 Å². The normalized spacial score (nSPS) is 9.76. The Labute approximate surface area is 99.6 Å². The summed E-state index contributed by atoms with van der Waals surface area (Å²) >= 11 is 0. The summed E-state index contributed by atoms with van der Waals surface area (Å²) in [5.74, 6) is -0.287. The van der Waals surface area contributed by atoms with Crippen LogP contribution in [0.25, 0.3) is 0 Å². The Morgan fingerprint density at radius 2 is 2.24 bits per heavy atom. The van der Waals surface area contributed by atoms with Crippen LogP contribution in [0.1, 0.15) is 11.1 Å². The fourth-order valence-corrected chi connectivity index (χ4v) is 1.50. The average molecular weight is 237 g/mol. The summed E-state index contributed by atoms with van der Waals surface area (Å²) in [7, 11) is 1.58. The number of carbonyl (C=O) groups excluding carboxylic acids is 1. The Kier molecular flexibility index (Phi) is 4.51. The molecule has 0 heterocycles. The van der Waals surface area contributed by atoms with E-state index in [-0.39, 0.29) is 13.1 Å². The van der Waals surface area contributed by atoms with E-state index in [0.29, 0.717) is 6.41 Å². The summed E-state index contributed by atoms with van der Waals surface area (Å²) in [6, 6.07) is 5.46. The molecule has 0 aromatic heterocycles. The second-order valence-corrected chi connectivity index (χ2v) is 3.70. The lowest BCUT2D eigenvalue weighted by atomic mass is 10.1. The van der Waals surface area contributed by atoms with E-state index in [4.69, 9.17) is 9.84 Å². The molecule has 0 aliphatic carbocycles. The Bertz CT molecular complexity index is 417. The molecule has 92 valence electrons. The van der Waals surface area contributed by atoms with Crippen LogP contribution in [0.2, 0.25) is 0 Å². The summed E-state index contributed by atoms with van der Waals surface area (Å²) in [5, 5.41) is 8.62. The molecule has 1 N–H and O–H groups in total. The molecular formula is C12H15NO4. The van der Waals surface area contributed by atoms with Crippen LogP contribution in [0.5, 0.6) is 5.75 Å². The van der Waals surface area contributed by atoms with Crippen LogP contribution in [0.3, 0.4) is 0 Å². The first kappa shape index (κ1) is 13.0. The van der Waals surface area contributed by atoms with Crippen molar-refractivity contribution < 1.29 is 19.4 Å². The van der Waals surface area contributed by atoms with Gasteiger partial charge in [-0.05, 0) is 30.2 Å². The van der Waals surface area contributed by atoms with Gasteiger partial charge in [-0.25, -0.2) is 0 Å². The summed E-state index contributed by atoms with van der Waals surface area (Å²) in [4.78, 5) is 22.4. The average Bonchev–Trinajstić information content (AvgIpc) is 2.29. The van der Waals surface area contributed by atoms with Gasteiger partial charge in [0.1, 0.15) is 12.3 Å². The largest absolute Gasteiger partial charge is 0.497 e. The van der Waals surface area contributed by atoms with Crippen molar-refractivity contribution in [2.45, 2.75) is 13.5 Å². The SMILES string of the molecule is COc1ccc(CN(C=O)CC(=O)O)c(C)c1.